The van der Waals surface area contributed by atoms with Crippen LogP contribution in [0, 0.1) is 45.8 Å². The van der Waals surface area contributed by atoms with Gasteiger partial charge in [-0.25, -0.2) is 9.97 Å². The van der Waals surface area contributed by atoms with Crippen molar-refractivity contribution in [3.63, 3.8) is 0 Å². The first-order valence-electron chi connectivity index (χ1n) is 26.2. The third-order valence-electron chi connectivity index (χ3n) is 16.6. The smallest absolute Gasteiger partial charge is 0.253 e. The van der Waals surface area contributed by atoms with E-state index in [1.807, 2.05) is 83.1 Å². The van der Waals surface area contributed by atoms with Crippen molar-refractivity contribution in [2.45, 2.75) is 125 Å². The minimum absolute atomic E-state index is 0.00830. The number of aliphatic hydroxyl groups excluding tert-OH is 1. The molecule has 4 aromatic rings. The summed E-state index contributed by atoms with van der Waals surface area (Å²) < 4.78 is 0. The highest BCUT2D eigenvalue weighted by atomic mass is 35.5. The highest BCUT2D eigenvalue weighted by Gasteiger charge is 2.61. The highest BCUT2D eigenvalue weighted by Crippen LogP contribution is 2.60. The minimum Gasteiger partial charge on any atom is -0.391 e. The molecule has 9 rings (SSSR count). The lowest BCUT2D eigenvalue weighted by atomic mass is 9.43. The van der Waals surface area contributed by atoms with E-state index in [-0.39, 0.29) is 64.9 Å². The molecule has 396 valence electrons. The Kier molecular flexibility index (Phi) is 15.7. The van der Waals surface area contributed by atoms with Crippen LogP contribution in [0.4, 0.5) is 5.82 Å². The third kappa shape index (κ3) is 11.8. The van der Waals surface area contributed by atoms with Crippen LogP contribution in [0.2, 0.25) is 5.02 Å². The van der Waals surface area contributed by atoms with Crippen LogP contribution in [0.25, 0.3) is 11.3 Å². The second kappa shape index (κ2) is 21.4. The lowest BCUT2D eigenvalue weighted by Gasteiger charge is -2.64. The molecule has 2 aromatic heterocycles. The Hall–Kier alpha value is -5.86. The first-order valence-corrected chi connectivity index (χ1v) is 26.6. The number of carbonyl (C=O) groups excluding carboxylic acids is 4. The number of halogens is 1. The number of nitrogens with two attached hydrogens (primary N) is 1. The Morgan fingerprint density at radius 1 is 0.973 bits per heavy atom. The predicted octanol–water partition coefficient (Wildman–Crippen LogP) is 6.66. The van der Waals surface area contributed by atoms with Gasteiger partial charge in [0.15, 0.2) is 0 Å². The molecule has 0 bridgehead atoms. The second-order valence-corrected chi connectivity index (χ2v) is 24.7. The normalized spacial score (nSPS) is 23.5. The number of aryl methyl sites for hydroxylation is 1. The number of aromatic nitrogens is 3. The number of anilines is 1. The van der Waals surface area contributed by atoms with Gasteiger partial charge in [0.2, 0.25) is 17.7 Å². The molecule has 0 unspecified atom stereocenters. The molecule has 4 amide bonds. The summed E-state index contributed by atoms with van der Waals surface area (Å²) in [5.41, 5.74) is 11.4. The van der Waals surface area contributed by atoms with Gasteiger partial charge >= 0.3 is 0 Å². The van der Waals surface area contributed by atoms with Crippen LogP contribution in [-0.2, 0) is 20.8 Å². The van der Waals surface area contributed by atoms with Gasteiger partial charge in [-0.2, -0.15) is 5.26 Å². The van der Waals surface area contributed by atoms with E-state index in [9.17, 15) is 29.5 Å². The zero-order valence-corrected chi connectivity index (χ0v) is 45.4. The third-order valence-corrected chi connectivity index (χ3v) is 16.9. The van der Waals surface area contributed by atoms with E-state index in [1.165, 1.54) is 17.7 Å². The Bertz CT molecular complexity index is 2710. The molecule has 17 heteroatoms. The lowest BCUT2D eigenvalue weighted by molar-refractivity contribution is -0.140. The van der Waals surface area contributed by atoms with Crippen molar-refractivity contribution in [3.05, 3.63) is 100 Å². The van der Waals surface area contributed by atoms with Gasteiger partial charge in [0.1, 0.15) is 17.9 Å². The van der Waals surface area contributed by atoms with Gasteiger partial charge in [-0.05, 0) is 90.7 Å². The molecule has 74 heavy (non-hydrogen) atoms. The van der Waals surface area contributed by atoms with Crippen molar-refractivity contribution < 1.29 is 24.3 Å². The Morgan fingerprint density at radius 2 is 1.65 bits per heavy atom. The van der Waals surface area contributed by atoms with Crippen molar-refractivity contribution in [2.75, 3.05) is 57.3 Å². The molecule has 5 heterocycles. The van der Waals surface area contributed by atoms with E-state index in [2.05, 4.69) is 74.0 Å². The number of nitriles is 1. The fourth-order valence-corrected chi connectivity index (χ4v) is 13.1. The summed E-state index contributed by atoms with van der Waals surface area (Å²) in [6.45, 7) is 25.1. The van der Waals surface area contributed by atoms with E-state index < -0.39 is 12.1 Å². The number of primary amides is 1. The van der Waals surface area contributed by atoms with E-state index in [0.29, 0.717) is 46.5 Å². The van der Waals surface area contributed by atoms with Gasteiger partial charge in [0, 0.05) is 93.6 Å². The number of aromatic amines is 1. The number of β-amino-alcohol motifs (C(OH)–C–C–N with tert-alkyl or cyclic N) is 1. The monoisotopic (exact) mass is 1030 g/mol. The number of pyridine rings is 1. The number of carbonyl (C=O) groups is 4. The largest absolute Gasteiger partial charge is 0.391 e. The first kappa shape index (κ1) is 54.4. The van der Waals surface area contributed by atoms with Gasteiger partial charge < -0.3 is 36.3 Å². The van der Waals surface area contributed by atoms with Crippen molar-refractivity contribution in [1.29, 1.82) is 5.26 Å². The second-order valence-electron chi connectivity index (χ2n) is 24.3. The highest BCUT2D eigenvalue weighted by molar-refractivity contribution is 6.31. The van der Waals surface area contributed by atoms with E-state index >= 15 is 0 Å². The molecule has 1 spiro atoms. The maximum atomic E-state index is 13.3. The van der Waals surface area contributed by atoms with Crippen LogP contribution in [0.1, 0.15) is 120 Å². The van der Waals surface area contributed by atoms with Crippen molar-refractivity contribution in [2.24, 2.45) is 33.3 Å². The Balaban J connectivity index is 0.000000212. The molecule has 2 aromatic carbocycles. The average Bonchev–Trinajstić information content (AvgIpc) is 3.94. The van der Waals surface area contributed by atoms with Crippen molar-refractivity contribution in [1.82, 2.24) is 40.3 Å². The van der Waals surface area contributed by atoms with Gasteiger partial charge in [-0.1, -0.05) is 90.4 Å². The number of imidazole rings is 1. The molecule has 5 aliphatic rings. The van der Waals surface area contributed by atoms with Gasteiger partial charge in [-0.3, -0.25) is 29.0 Å². The Morgan fingerprint density at radius 3 is 2.22 bits per heavy atom. The van der Waals surface area contributed by atoms with Crippen LogP contribution in [0.15, 0.2) is 67.1 Å². The van der Waals surface area contributed by atoms with E-state index in [0.717, 1.165) is 79.6 Å². The lowest BCUT2D eigenvalue weighted by Crippen LogP contribution is -2.70. The molecule has 3 atom stereocenters. The van der Waals surface area contributed by atoms with Gasteiger partial charge in [0.25, 0.3) is 5.91 Å². The SMILES string of the molecule is CC1(C)C(Cc2ccc(C#N)c(Cl)c2)C(C)(C)C1NC(=O)c1ccc(N2CC3(CC(N4CCN(CC(N)=O)CC4)C3)C2)nc1.Cc1[nH]cnc1-c1ccc([C@H](C)NC(=O)[C@@H]2C[C@@H](O)CN2C(=O)CC(C)(C)C)cc1. The van der Waals surface area contributed by atoms with Crippen LogP contribution >= 0.6 is 11.6 Å². The summed E-state index contributed by atoms with van der Waals surface area (Å²) in [4.78, 5) is 70.8. The van der Waals surface area contributed by atoms with E-state index in [1.54, 1.807) is 18.6 Å². The first-order chi connectivity index (χ1) is 34.9. The summed E-state index contributed by atoms with van der Waals surface area (Å²) in [6, 6.07) is 19.4. The number of hydrogen-bond donors (Lipinski definition) is 5. The van der Waals surface area contributed by atoms with Crippen LogP contribution in [-0.4, -0.2) is 135 Å². The van der Waals surface area contributed by atoms with Gasteiger partial charge in [-0.15, -0.1) is 0 Å². The minimum atomic E-state index is -0.670. The molecule has 2 saturated carbocycles. The molecular weight excluding hydrogens is 954 g/mol. The Labute approximate surface area is 441 Å². The molecule has 5 fully saturated rings. The standard InChI is InChI=1S/C34H44ClN7O2.C23H32N4O3/c1-32(2)27(14-22-5-6-23(17-36)26(35)13-22)33(3,4)31(32)39-30(44)24-7-8-29(38-18-24)42-20-34(21-42)15-25(16-34)41-11-9-40(10-12-41)19-28(37)43;1-14(16-6-8-17(9-7-16)21-15(2)24-13-25-21)26-22(30)19-10-18(28)12-27(19)20(29)11-23(3,4)5/h5-8,13,18,25,27,31H,9-12,14-16,19-21H2,1-4H3,(H2,37,43)(H,39,44);6-9,13-14,18-19,28H,10-12H2,1-5H3,(H,24,25)(H,26,30)/t;14-,18+,19-/m.0/s1. The molecule has 0 radical (unpaired) electrons. The summed E-state index contributed by atoms with van der Waals surface area (Å²) >= 11 is 6.30. The van der Waals surface area contributed by atoms with Crippen molar-refractivity contribution in [3.8, 4) is 17.3 Å². The quantitative estimate of drug-likeness (QED) is 0.0954. The topological polar surface area (TPSA) is 217 Å². The number of likely N-dealkylation sites (tertiary alicyclic amines) is 1. The maximum absolute atomic E-state index is 13.3. The average molecular weight is 1030 g/mol. The predicted molar refractivity (Wildman–Crippen MR) is 287 cm³/mol. The molecule has 16 nitrogen and oxygen atoms in total. The number of hydrogen-bond acceptors (Lipinski definition) is 11. The summed E-state index contributed by atoms with van der Waals surface area (Å²) in [6.07, 6.45) is 6.58. The molecule has 6 N–H and O–H groups in total. The fraction of sp³-hybridized carbons (Fsp3) is 0.561. The van der Waals surface area contributed by atoms with Gasteiger partial charge in [0.05, 0.1) is 46.9 Å². The number of rotatable bonds is 13. The molecule has 3 aliphatic heterocycles. The summed E-state index contributed by atoms with van der Waals surface area (Å²) in [7, 11) is 0. The zero-order valence-electron chi connectivity index (χ0n) is 44.7. The van der Waals surface area contributed by atoms with Crippen LogP contribution in [0.3, 0.4) is 0 Å². The fourth-order valence-electron chi connectivity index (χ4n) is 12.8. The maximum Gasteiger partial charge on any atom is 0.253 e. The molecular formula is C57H76ClN11O5. The molecule has 2 aliphatic carbocycles. The molecule has 3 saturated heterocycles. The van der Waals surface area contributed by atoms with E-state index in [4.69, 9.17) is 17.3 Å². The number of nitrogens with zero attached hydrogens (tertiary/aromatic N) is 7. The van der Waals surface area contributed by atoms with Crippen molar-refractivity contribution >= 4 is 41.0 Å². The summed E-state index contributed by atoms with van der Waals surface area (Å²) in [5.74, 6) is 0.607. The summed E-state index contributed by atoms with van der Waals surface area (Å²) in [5, 5.41) is 26.1. The number of nitrogens with one attached hydrogen (secondary N) is 3. The zero-order chi connectivity index (χ0) is 53.5. The van der Waals surface area contributed by atoms with Crippen LogP contribution in [0.5, 0.6) is 0 Å². The number of benzene rings is 2. The number of piperazine rings is 1. The van der Waals surface area contributed by atoms with Crippen LogP contribution < -0.4 is 21.3 Å². The number of H-pyrrole nitrogens is 1. The number of amides is 4. The number of aliphatic hydroxyl groups is 1.